The third-order valence-corrected chi connectivity index (χ3v) is 3.11. The van der Waals surface area contributed by atoms with Crippen molar-refractivity contribution in [3.63, 3.8) is 0 Å². The van der Waals surface area contributed by atoms with Gasteiger partial charge in [0.1, 0.15) is 5.69 Å². The van der Waals surface area contributed by atoms with Gasteiger partial charge in [-0.05, 0) is 24.3 Å². The van der Waals surface area contributed by atoms with Crippen molar-refractivity contribution in [1.82, 2.24) is 14.5 Å². The molecule has 106 valence electrons. The van der Waals surface area contributed by atoms with E-state index in [0.29, 0.717) is 24.5 Å². The molecule has 0 atom stereocenters. The Balaban J connectivity index is 1.78. The van der Waals surface area contributed by atoms with Crippen LogP contribution in [0.4, 0.5) is 5.69 Å². The number of rotatable bonds is 4. The number of carbonyl (C=O) groups is 1. The summed E-state index contributed by atoms with van der Waals surface area (Å²) in [5, 5.41) is 3.81. The lowest BCUT2D eigenvalue weighted by Gasteiger charge is -2.04. The van der Waals surface area contributed by atoms with E-state index in [1.807, 2.05) is 30.3 Å². The third-order valence-electron chi connectivity index (χ3n) is 3.11. The standard InChI is InChI=1S/C15H15N5O/c16-5-7-20-9-14(18-10-20)15(21)19-12-3-4-13-11(8-12)2-1-6-17-13/h1-4,6,8-10H,5,7,16H2,(H,19,21). The van der Waals surface area contributed by atoms with Crippen molar-refractivity contribution in [3.8, 4) is 0 Å². The van der Waals surface area contributed by atoms with Gasteiger partial charge in [-0.3, -0.25) is 9.78 Å². The van der Waals surface area contributed by atoms with Gasteiger partial charge in [0, 0.05) is 36.6 Å². The summed E-state index contributed by atoms with van der Waals surface area (Å²) in [6.45, 7) is 1.15. The molecule has 3 N–H and O–H groups in total. The summed E-state index contributed by atoms with van der Waals surface area (Å²) in [5.41, 5.74) is 7.45. The number of anilines is 1. The molecule has 0 unspecified atom stereocenters. The maximum absolute atomic E-state index is 12.1. The molecule has 6 nitrogen and oxygen atoms in total. The van der Waals surface area contributed by atoms with E-state index < -0.39 is 0 Å². The third kappa shape index (κ3) is 2.90. The summed E-state index contributed by atoms with van der Waals surface area (Å²) in [4.78, 5) is 20.5. The normalized spacial score (nSPS) is 10.7. The molecule has 1 aromatic carbocycles. The molecule has 21 heavy (non-hydrogen) atoms. The van der Waals surface area contributed by atoms with E-state index in [1.165, 1.54) is 0 Å². The Morgan fingerprint density at radius 3 is 3.05 bits per heavy atom. The highest BCUT2D eigenvalue weighted by Crippen LogP contribution is 2.17. The lowest BCUT2D eigenvalue weighted by molar-refractivity contribution is 0.102. The van der Waals surface area contributed by atoms with Crippen molar-refractivity contribution >= 4 is 22.5 Å². The monoisotopic (exact) mass is 281 g/mol. The molecule has 0 aliphatic carbocycles. The van der Waals surface area contributed by atoms with Crippen molar-refractivity contribution in [1.29, 1.82) is 0 Å². The van der Waals surface area contributed by atoms with Crippen LogP contribution in [0.2, 0.25) is 0 Å². The second-order valence-electron chi connectivity index (χ2n) is 4.65. The number of hydrogen-bond donors (Lipinski definition) is 2. The van der Waals surface area contributed by atoms with E-state index >= 15 is 0 Å². The molecule has 0 fully saturated rings. The molecule has 0 aliphatic heterocycles. The van der Waals surface area contributed by atoms with Gasteiger partial charge in [-0.25, -0.2) is 4.98 Å². The van der Waals surface area contributed by atoms with Gasteiger partial charge in [0.2, 0.25) is 0 Å². The Morgan fingerprint density at radius 1 is 1.29 bits per heavy atom. The van der Waals surface area contributed by atoms with E-state index in [0.717, 1.165) is 10.9 Å². The number of benzene rings is 1. The van der Waals surface area contributed by atoms with E-state index in [2.05, 4.69) is 15.3 Å². The number of nitrogens with two attached hydrogens (primary N) is 1. The van der Waals surface area contributed by atoms with Crippen molar-refractivity contribution in [3.05, 3.63) is 54.7 Å². The Labute approximate surface area is 121 Å². The van der Waals surface area contributed by atoms with Crippen LogP contribution in [0, 0.1) is 0 Å². The molecule has 6 heteroatoms. The fourth-order valence-corrected chi connectivity index (χ4v) is 2.10. The minimum absolute atomic E-state index is 0.242. The highest BCUT2D eigenvalue weighted by atomic mass is 16.1. The molecule has 2 aromatic heterocycles. The summed E-state index contributed by atoms with van der Waals surface area (Å²) >= 11 is 0. The highest BCUT2D eigenvalue weighted by Gasteiger charge is 2.09. The van der Waals surface area contributed by atoms with Gasteiger partial charge < -0.3 is 15.6 Å². The van der Waals surface area contributed by atoms with Crippen LogP contribution in [0.5, 0.6) is 0 Å². The fraction of sp³-hybridized carbons (Fsp3) is 0.133. The lowest BCUT2D eigenvalue weighted by atomic mass is 10.2. The summed E-state index contributed by atoms with van der Waals surface area (Å²) in [6.07, 6.45) is 5.03. The second kappa shape index (κ2) is 5.72. The maximum atomic E-state index is 12.1. The molecule has 3 rings (SSSR count). The first-order chi connectivity index (χ1) is 10.3. The van der Waals surface area contributed by atoms with Crippen LogP contribution in [0.1, 0.15) is 10.5 Å². The van der Waals surface area contributed by atoms with Crippen LogP contribution in [-0.4, -0.2) is 27.0 Å². The fourth-order valence-electron chi connectivity index (χ4n) is 2.10. The van der Waals surface area contributed by atoms with Crippen LogP contribution in [0.3, 0.4) is 0 Å². The number of fused-ring (bicyclic) bond motifs is 1. The topological polar surface area (TPSA) is 85.8 Å². The molecule has 0 saturated carbocycles. The quantitative estimate of drug-likeness (QED) is 0.761. The number of hydrogen-bond acceptors (Lipinski definition) is 4. The van der Waals surface area contributed by atoms with Gasteiger partial charge >= 0.3 is 0 Å². The lowest BCUT2D eigenvalue weighted by Crippen LogP contribution is -2.12. The molecule has 1 amide bonds. The van der Waals surface area contributed by atoms with Crippen molar-refractivity contribution in [2.24, 2.45) is 5.73 Å². The predicted octanol–water partition coefficient (Wildman–Crippen LogP) is 1.64. The number of nitrogens with zero attached hydrogens (tertiary/aromatic N) is 3. The average molecular weight is 281 g/mol. The Morgan fingerprint density at radius 2 is 2.19 bits per heavy atom. The van der Waals surface area contributed by atoms with Crippen molar-refractivity contribution in [2.45, 2.75) is 6.54 Å². The molecular formula is C15H15N5O. The molecule has 3 aromatic rings. The number of imidazole rings is 1. The highest BCUT2D eigenvalue weighted by molar-refractivity contribution is 6.03. The Hall–Kier alpha value is -2.73. The van der Waals surface area contributed by atoms with E-state index in [9.17, 15) is 4.79 Å². The number of aromatic nitrogens is 3. The SMILES string of the molecule is NCCn1cnc(C(=O)Nc2ccc3ncccc3c2)c1. The van der Waals surface area contributed by atoms with Gasteiger partial charge in [-0.2, -0.15) is 0 Å². The summed E-state index contributed by atoms with van der Waals surface area (Å²) < 4.78 is 1.79. The summed E-state index contributed by atoms with van der Waals surface area (Å²) in [6, 6.07) is 9.40. The number of nitrogens with one attached hydrogen (secondary N) is 1. The minimum atomic E-state index is -0.242. The number of amides is 1. The van der Waals surface area contributed by atoms with Crippen molar-refractivity contribution in [2.75, 3.05) is 11.9 Å². The van der Waals surface area contributed by atoms with Crippen molar-refractivity contribution < 1.29 is 4.79 Å². The molecule has 0 saturated heterocycles. The molecule has 0 spiro atoms. The van der Waals surface area contributed by atoms with Crippen LogP contribution in [0.25, 0.3) is 10.9 Å². The summed E-state index contributed by atoms with van der Waals surface area (Å²) in [7, 11) is 0. The minimum Gasteiger partial charge on any atom is -0.335 e. The van der Waals surface area contributed by atoms with Crippen LogP contribution in [-0.2, 0) is 6.54 Å². The van der Waals surface area contributed by atoms with Crippen LogP contribution < -0.4 is 11.1 Å². The zero-order chi connectivity index (χ0) is 14.7. The van der Waals surface area contributed by atoms with E-state index in [-0.39, 0.29) is 5.91 Å². The van der Waals surface area contributed by atoms with Gasteiger partial charge in [-0.15, -0.1) is 0 Å². The van der Waals surface area contributed by atoms with E-state index in [1.54, 1.807) is 23.3 Å². The van der Waals surface area contributed by atoms with Gasteiger partial charge in [0.05, 0.1) is 11.8 Å². The molecule has 0 radical (unpaired) electrons. The molecule has 0 bridgehead atoms. The molecular weight excluding hydrogens is 266 g/mol. The largest absolute Gasteiger partial charge is 0.335 e. The van der Waals surface area contributed by atoms with Gasteiger partial charge in [0.15, 0.2) is 0 Å². The maximum Gasteiger partial charge on any atom is 0.275 e. The second-order valence-corrected chi connectivity index (χ2v) is 4.65. The summed E-state index contributed by atoms with van der Waals surface area (Å²) in [5.74, 6) is -0.242. The van der Waals surface area contributed by atoms with E-state index in [4.69, 9.17) is 5.73 Å². The average Bonchev–Trinajstić information content (AvgIpc) is 2.96. The molecule has 2 heterocycles. The zero-order valence-corrected chi connectivity index (χ0v) is 11.4. The Bertz CT molecular complexity index is 780. The smallest absolute Gasteiger partial charge is 0.275 e. The van der Waals surface area contributed by atoms with Crippen LogP contribution >= 0.6 is 0 Å². The van der Waals surface area contributed by atoms with Gasteiger partial charge in [0.25, 0.3) is 5.91 Å². The first-order valence-corrected chi connectivity index (χ1v) is 6.64. The predicted molar refractivity (Wildman–Crippen MR) is 81.0 cm³/mol. The van der Waals surface area contributed by atoms with Gasteiger partial charge in [-0.1, -0.05) is 6.07 Å². The molecule has 0 aliphatic rings. The Kier molecular flexibility index (Phi) is 3.61. The van der Waals surface area contributed by atoms with Crippen LogP contribution in [0.15, 0.2) is 49.1 Å². The number of carbonyl (C=O) groups excluding carboxylic acids is 1. The number of pyridine rings is 1. The zero-order valence-electron chi connectivity index (χ0n) is 11.4. The first kappa shape index (κ1) is 13.3. The first-order valence-electron chi connectivity index (χ1n) is 6.64.